The normalized spacial score (nSPS) is 27.6. The van der Waals surface area contributed by atoms with Gasteiger partial charge in [-0.15, -0.1) is 0 Å². The second kappa shape index (κ2) is 6.53. The van der Waals surface area contributed by atoms with Crippen LogP contribution in [0.2, 0.25) is 0 Å². The molecular formula is C13H24N2S. The first-order valence-corrected chi connectivity index (χ1v) is 7.74. The van der Waals surface area contributed by atoms with E-state index < -0.39 is 0 Å². The van der Waals surface area contributed by atoms with E-state index in [1.807, 2.05) is 11.8 Å². The van der Waals surface area contributed by atoms with Crippen LogP contribution in [0.1, 0.15) is 45.4 Å². The molecule has 2 rings (SSSR count). The van der Waals surface area contributed by atoms with Crippen LogP contribution >= 0.6 is 11.8 Å². The molecule has 1 N–H and O–H groups in total. The van der Waals surface area contributed by atoms with Gasteiger partial charge in [-0.1, -0.05) is 50.8 Å². The van der Waals surface area contributed by atoms with Crippen molar-refractivity contribution in [1.82, 2.24) is 5.32 Å². The van der Waals surface area contributed by atoms with Crippen LogP contribution in [0.4, 0.5) is 0 Å². The SMILES string of the molecule is CC1CN=C(NCCC2CCCCC2)SC1. The Labute approximate surface area is 104 Å². The summed E-state index contributed by atoms with van der Waals surface area (Å²) >= 11 is 1.90. The third-order valence-electron chi connectivity index (χ3n) is 3.60. The minimum Gasteiger partial charge on any atom is -0.365 e. The van der Waals surface area contributed by atoms with Crippen LogP contribution in [0, 0.1) is 11.8 Å². The second-order valence-electron chi connectivity index (χ2n) is 5.28. The zero-order valence-electron chi connectivity index (χ0n) is 10.4. The second-order valence-corrected chi connectivity index (χ2v) is 6.29. The summed E-state index contributed by atoms with van der Waals surface area (Å²) in [6.45, 7) is 4.42. The third-order valence-corrected chi connectivity index (χ3v) is 4.89. The molecule has 0 saturated heterocycles. The molecule has 0 aromatic carbocycles. The van der Waals surface area contributed by atoms with Crippen LogP contribution in [-0.2, 0) is 0 Å². The maximum Gasteiger partial charge on any atom is 0.156 e. The third kappa shape index (κ3) is 4.00. The maximum absolute atomic E-state index is 4.56. The predicted octanol–water partition coefficient (Wildman–Crippen LogP) is 3.29. The van der Waals surface area contributed by atoms with Crippen LogP contribution in [-0.4, -0.2) is 24.0 Å². The summed E-state index contributed by atoms with van der Waals surface area (Å²) in [5.41, 5.74) is 0. The van der Waals surface area contributed by atoms with E-state index in [4.69, 9.17) is 0 Å². The van der Waals surface area contributed by atoms with E-state index in [0.717, 1.165) is 24.9 Å². The Morgan fingerprint density at radius 1 is 1.31 bits per heavy atom. The molecule has 3 heteroatoms. The molecule has 16 heavy (non-hydrogen) atoms. The van der Waals surface area contributed by atoms with Gasteiger partial charge in [0.05, 0.1) is 0 Å². The van der Waals surface area contributed by atoms with Crippen molar-refractivity contribution < 1.29 is 0 Å². The van der Waals surface area contributed by atoms with Crippen LogP contribution in [0.15, 0.2) is 4.99 Å². The monoisotopic (exact) mass is 240 g/mol. The Bertz CT molecular complexity index is 234. The van der Waals surface area contributed by atoms with E-state index in [-0.39, 0.29) is 0 Å². The molecule has 0 spiro atoms. The van der Waals surface area contributed by atoms with Gasteiger partial charge >= 0.3 is 0 Å². The lowest BCUT2D eigenvalue weighted by Gasteiger charge is -2.23. The van der Waals surface area contributed by atoms with Gasteiger partial charge in [0.1, 0.15) is 0 Å². The number of thioether (sulfide) groups is 1. The van der Waals surface area contributed by atoms with Gasteiger partial charge < -0.3 is 5.32 Å². The van der Waals surface area contributed by atoms with Crippen molar-refractivity contribution in [2.45, 2.75) is 45.4 Å². The first-order chi connectivity index (χ1) is 7.84. The lowest BCUT2D eigenvalue weighted by atomic mass is 9.87. The number of rotatable bonds is 3. The van der Waals surface area contributed by atoms with Crippen LogP contribution in [0.25, 0.3) is 0 Å². The Morgan fingerprint density at radius 2 is 2.12 bits per heavy atom. The molecule has 1 aliphatic carbocycles. The number of aliphatic imine (C=N–C) groups is 1. The maximum atomic E-state index is 4.56. The molecule has 0 bridgehead atoms. The number of hydrogen-bond donors (Lipinski definition) is 1. The number of nitrogens with one attached hydrogen (secondary N) is 1. The van der Waals surface area contributed by atoms with Gasteiger partial charge in [-0.2, -0.15) is 0 Å². The van der Waals surface area contributed by atoms with Crippen molar-refractivity contribution in [3.8, 4) is 0 Å². The van der Waals surface area contributed by atoms with Crippen molar-refractivity contribution >= 4 is 16.9 Å². The van der Waals surface area contributed by atoms with Crippen molar-refractivity contribution in [3.63, 3.8) is 0 Å². The van der Waals surface area contributed by atoms with Gasteiger partial charge in [-0.05, 0) is 18.3 Å². The van der Waals surface area contributed by atoms with Gasteiger partial charge in [0.2, 0.25) is 0 Å². The van der Waals surface area contributed by atoms with Crippen molar-refractivity contribution in [2.24, 2.45) is 16.8 Å². The molecule has 0 radical (unpaired) electrons. The highest BCUT2D eigenvalue weighted by atomic mass is 32.2. The molecule has 1 unspecified atom stereocenters. The predicted molar refractivity (Wildman–Crippen MR) is 73.1 cm³/mol. The highest BCUT2D eigenvalue weighted by molar-refractivity contribution is 8.13. The molecule has 92 valence electrons. The summed E-state index contributed by atoms with van der Waals surface area (Å²) in [4.78, 5) is 4.56. The summed E-state index contributed by atoms with van der Waals surface area (Å²) in [5, 5.41) is 4.69. The van der Waals surface area contributed by atoms with E-state index in [2.05, 4.69) is 17.2 Å². The molecule has 1 saturated carbocycles. The smallest absolute Gasteiger partial charge is 0.156 e. The van der Waals surface area contributed by atoms with E-state index in [9.17, 15) is 0 Å². The molecule has 1 heterocycles. The molecule has 0 aromatic heterocycles. The topological polar surface area (TPSA) is 24.4 Å². The first kappa shape index (κ1) is 12.3. The summed E-state index contributed by atoms with van der Waals surface area (Å²) in [5.74, 6) is 2.97. The largest absolute Gasteiger partial charge is 0.365 e. The van der Waals surface area contributed by atoms with E-state index >= 15 is 0 Å². The molecule has 2 nitrogen and oxygen atoms in total. The van der Waals surface area contributed by atoms with Gasteiger partial charge in [0.25, 0.3) is 0 Å². The summed E-state index contributed by atoms with van der Waals surface area (Å²) in [6, 6.07) is 0. The van der Waals surface area contributed by atoms with E-state index in [1.54, 1.807) is 0 Å². The Hall–Kier alpha value is -0.180. The number of hydrogen-bond acceptors (Lipinski definition) is 3. The first-order valence-electron chi connectivity index (χ1n) is 6.75. The quantitative estimate of drug-likeness (QED) is 0.818. The fourth-order valence-electron chi connectivity index (χ4n) is 2.52. The minimum absolute atomic E-state index is 0.758. The highest BCUT2D eigenvalue weighted by Gasteiger charge is 2.14. The summed E-state index contributed by atoms with van der Waals surface area (Å²) in [6.07, 6.45) is 8.63. The standard InChI is InChI=1S/C13H24N2S/c1-11-9-15-13(16-10-11)14-8-7-12-5-3-2-4-6-12/h11-12H,2-10H2,1H3,(H,14,15). The van der Waals surface area contributed by atoms with Crippen molar-refractivity contribution in [3.05, 3.63) is 0 Å². The van der Waals surface area contributed by atoms with Gasteiger partial charge in [0.15, 0.2) is 5.17 Å². The Balaban J connectivity index is 1.60. The highest BCUT2D eigenvalue weighted by Crippen LogP contribution is 2.25. The Morgan fingerprint density at radius 3 is 2.81 bits per heavy atom. The zero-order chi connectivity index (χ0) is 11.2. The van der Waals surface area contributed by atoms with Crippen LogP contribution < -0.4 is 5.32 Å². The summed E-state index contributed by atoms with van der Waals surface area (Å²) in [7, 11) is 0. The molecule has 0 aromatic rings. The van der Waals surface area contributed by atoms with Crippen molar-refractivity contribution in [2.75, 3.05) is 18.8 Å². The van der Waals surface area contributed by atoms with Crippen molar-refractivity contribution in [1.29, 1.82) is 0 Å². The van der Waals surface area contributed by atoms with Gasteiger partial charge in [-0.3, -0.25) is 4.99 Å². The number of amidine groups is 1. The minimum atomic E-state index is 0.758. The average molecular weight is 240 g/mol. The average Bonchev–Trinajstić information content (AvgIpc) is 2.33. The number of nitrogens with zero attached hydrogens (tertiary/aromatic N) is 1. The lowest BCUT2D eigenvalue weighted by molar-refractivity contribution is 0.339. The molecule has 2 aliphatic rings. The molecule has 1 aliphatic heterocycles. The van der Waals surface area contributed by atoms with Crippen LogP contribution in [0.3, 0.4) is 0 Å². The zero-order valence-corrected chi connectivity index (χ0v) is 11.2. The fourth-order valence-corrected chi connectivity index (χ4v) is 3.44. The summed E-state index contributed by atoms with van der Waals surface area (Å²) < 4.78 is 0. The van der Waals surface area contributed by atoms with E-state index in [0.29, 0.717) is 0 Å². The molecular weight excluding hydrogens is 216 g/mol. The molecule has 1 atom stereocenters. The Kier molecular flexibility index (Phi) is 5.01. The molecule has 1 fully saturated rings. The van der Waals surface area contributed by atoms with Crippen LogP contribution in [0.5, 0.6) is 0 Å². The van der Waals surface area contributed by atoms with Gasteiger partial charge in [0, 0.05) is 18.8 Å². The van der Waals surface area contributed by atoms with E-state index in [1.165, 1.54) is 49.4 Å². The van der Waals surface area contributed by atoms with Gasteiger partial charge in [-0.25, -0.2) is 0 Å². The molecule has 0 amide bonds. The lowest BCUT2D eigenvalue weighted by Crippen LogP contribution is -2.28. The fraction of sp³-hybridized carbons (Fsp3) is 0.923.